The molecule has 0 aliphatic rings. The summed E-state index contributed by atoms with van der Waals surface area (Å²) in [7, 11) is 0. The molecule has 0 bridgehead atoms. The minimum atomic E-state index is 0.432. The number of hydrazone groups is 1. The van der Waals surface area contributed by atoms with Crippen molar-refractivity contribution in [3.63, 3.8) is 0 Å². The summed E-state index contributed by atoms with van der Waals surface area (Å²) in [5.41, 5.74) is 8.07. The zero-order chi connectivity index (χ0) is 15.6. The lowest BCUT2D eigenvalue weighted by molar-refractivity contribution is 1.29. The molecule has 0 saturated heterocycles. The van der Waals surface area contributed by atoms with E-state index in [1.165, 1.54) is 16.7 Å². The lowest BCUT2D eigenvalue weighted by Crippen LogP contribution is -1.97. The molecule has 0 spiro atoms. The van der Waals surface area contributed by atoms with Crippen LogP contribution in [0.15, 0.2) is 29.4 Å². The first-order valence-corrected chi connectivity index (χ1v) is 7.53. The Labute approximate surface area is 139 Å². The monoisotopic (exact) mass is 340 g/mol. The van der Waals surface area contributed by atoms with Crippen LogP contribution in [0.3, 0.4) is 0 Å². The third-order valence-corrected chi connectivity index (χ3v) is 3.93. The Kier molecular flexibility index (Phi) is 5.15. The number of hydrogen-bond acceptors (Lipinski definition) is 2. The Morgan fingerprint density at radius 1 is 0.905 bits per heavy atom. The van der Waals surface area contributed by atoms with Gasteiger partial charge < -0.3 is 0 Å². The van der Waals surface area contributed by atoms with Gasteiger partial charge in [-0.3, -0.25) is 5.43 Å². The average molecular weight is 342 g/mol. The maximum atomic E-state index is 6.09. The SMILES string of the molecule is Cc1cc(C)c(/C=N\Nc2c(Cl)cc(Cl)cc2Cl)c(C)c1. The highest BCUT2D eigenvalue weighted by Gasteiger charge is 2.07. The predicted octanol–water partition coefficient (Wildman–Crippen LogP) is 6.02. The van der Waals surface area contributed by atoms with Crippen molar-refractivity contribution in [2.45, 2.75) is 20.8 Å². The highest BCUT2D eigenvalue weighted by atomic mass is 35.5. The first kappa shape index (κ1) is 16.2. The van der Waals surface area contributed by atoms with Crippen molar-refractivity contribution in [1.29, 1.82) is 0 Å². The number of anilines is 1. The number of hydrogen-bond donors (Lipinski definition) is 1. The maximum absolute atomic E-state index is 6.09. The van der Waals surface area contributed by atoms with Crippen molar-refractivity contribution in [1.82, 2.24) is 0 Å². The highest BCUT2D eigenvalue weighted by molar-refractivity contribution is 6.41. The summed E-state index contributed by atoms with van der Waals surface area (Å²) in [5, 5.41) is 5.58. The Morgan fingerprint density at radius 2 is 1.43 bits per heavy atom. The third-order valence-electron chi connectivity index (χ3n) is 3.11. The van der Waals surface area contributed by atoms with Gasteiger partial charge in [0.1, 0.15) is 0 Å². The zero-order valence-electron chi connectivity index (χ0n) is 12.0. The maximum Gasteiger partial charge on any atom is 0.0935 e. The van der Waals surface area contributed by atoms with Crippen molar-refractivity contribution in [2.24, 2.45) is 5.10 Å². The summed E-state index contributed by atoms with van der Waals surface area (Å²) in [6.07, 6.45) is 1.77. The van der Waals surface area contributed by atoms with Crippen LogP contribution in [-0.2, 0) is 0 Å². The lowest BCUT2D eigenvalue weighted by atomic mass is 10.0. The summed E-state index contributed by atoms with van der Waals surface area (Å²) >= 11 is 18.1. The summed E-state index contributed by atoms with van der Waals surface area (Å²) in [6, 6.07) is 7.48. The van der Waals surface area contributed by atoms with Gasteiger partial charge in [-0.25, -0.2) is 0 Å². The molecule has 0 aliphatic heterocycles. The van der Waals surface area contributed by atoms with Gasteiger partial charge in [0.05, 0.1) is 21.9 Å². The smallest absolute Gasteiger partial charge is 0.0935 e. The first-order chi connectivity index (χ1) is 9.88. The molecule has 0 unspecified atom stereocenters. The van der Waals surface area contributed by atoms with Crippen molar-refractivity contribution in [3.8, 4) is 0 Å². The van der Waals surface area contributed by atoms with Gasteiger partial charge >= 0.3 is 0 Å². The van der Waals surface area contributed by atoms with E-state index in [9.17, 15) is 0 Å². The Balaban J connectivity index is 2.25. The number of nitrogens with one attached hydrogen (secondary N) is 1. The molecule has 5 heteroatoms. The van der Waals surface area contributed by atoms with Crippen LogP contribution in [0, 0.1) is 20.8 Å². The number of rotatable bonds is 3. The highest BCUT2D eigenvalue weighted by Crippen LogP contribution is 2.33. The number of benzene rings is 2. The summed E-state index contributed by atoms with van der Waals surface area (Å²) in [4.78, 5) is 0. The Hall–Kier alpha value is -1.22. The van der Waals surface area contributed by atoms with Gasteiger partial charge in [0.15, 0.2) is 0 Å². The second-order valence-electron chi connectivity index (χ2n) is 4.93. The summed E-state index contributed by atoms with van der Waals surface area (Å²) in [5.74, 6) is 0. The van der Waals surface area contributed by atoms with Crippen LogP contribution >= 0.6 is 34.8 Å². The van der Waals surface area contributed by atoms with Crippen molar-refractivity contribution < 1.29 is 0 Å². The van der Waals surface area contributed by atoms with Gasteiger partial charge in [-0.15, -0.1) is 0 Å². The number of halogens is 3. The fourth-order valence-electron chi connectivity index (χ4n) is 2.21. The second-order valence-corrected chi connectivity index (χ2v) is 6.18. The van der Waals surface area contributed by atoms with Crippen molar-refractivity contribution in [3.05, 3.63) is 61.6 Å². The van der Waals surface area contributed by atoms with Gasteiger partial charge in [0, 0.05) is 10.6 Å². The zero-order valence-corrected chi connectivity index (χ0v) is 14.2. The standard InChI is InChI=1S/C16H15Cl3N2/c1-9-4-10(2)13(11(3)5-9)8-20-21-16-14(18)6-12(17)7-15(16)19/h4-8,21H,1-3H3/b20-8-. The lowest BCUT2D eigenvalue weighted by Gasteiger charge is -2.08. The minimum Gasteiger partial charge on any atom is -0.275 e. The van der Waals surface area contributed by atoms with E-state index in [0.717, 1.165) is 5.56 Å². The Bertz CT molecular complexity index is 663. The molecule has 0 heterocycles. The molecule has 0 aliphatic carbocycles. The van der Waals surface area contributed by atoms with Crippen LogP contribution in [0.1, 0.15) is 22.3 Å². The van der Waals surface area contributed by atoms with E-state index in [1.807, 2.05) is 0 Å². The van der Waals surface area contributed by atoms with Gasteiger partial charge in [-0.05, 0) is 44.0 Å². The molecule has 0 fully saturated rings. The largest absolute Gasteiger partial charge is 0.275 e. The van der Waals surface area contributed by atoms with Gasteiger partial charge in [0.25, 0.3) is 0 Å². The molecule has 0 radical (unpaired) electrons. The molecule has 110 valence electrons. The molecule has 2 aromatic rings. The molecule has 2 nitrogen and oxygen atoms in total. The molecule has 0 amide bonds. The predicted molar refractivity (Wildman–Crippen MR) is 93.3 cm³/mol. The van der Waals surface area contributed by atoms with Crippen LogP contribution in [-0.4, -0.2) is 6.21 Å². The minimum absolute atomic E-state index is 0.432. The van der Waals surface area contributed by atoms with Crippen LogP contribution in [0.2, 0.25) is 15.1 Å². The van der Waals surface area contributed by atoms with Crippen LogP contribution in [0.4, 0.5) is 5.69 Å². The van der Waals surface area contributed by atoms with Crippen LogP contribution in [0.5, 0.6) is 0 Å². The third kappa shape index (κ3) is 3.91. The summed E-state index contributed by atoms with van der Waals surface area (Å²) in [6.45, 7) is 6.19. The summed E-state index contributed by atoms with van der Waals surface area (Å²) < 4.78 is 0. The van der Waals surface area contributed by atoms with Crippen LogP contribution < -0.4 is 5.43 Å². The van der Waals surface area contributed by atoms with E-state index in [0.29, 0.717) is 20.8 Å². The molecular weight excluding hydrogens is 327 g/mol. The van der Waals surface area contributed by atoms with E-state index >= 15 is 0 Å². The van der Waals surface area contributed by atoms with Gasteiger partial charge in [-0.2, -0.15) is 5.10 Å². The van der Waals surface area contributed by atoms with E-state index in [-0.39, 0.29) is 0 Å². The van der Waals surface area contributed by atoms with Crippen LogP contribution in [0.25, 0.3) is 0 Å². The van der Waals surface area contributed by atoms with E-state index in [4.69, 9.17) is 34.8 Å². The molecule has 0 aromatic heterocycles. The molecule has 0 saturated carbocycles. The molecule has 21 heavy (non-hydrogen) atoms. The van der Waals surface area contributed by atoms with Crippen molar-refractivity contribution in [2.75, 3.05) is 5.43 Å². The molecule has 0 atom stereocenters. The fourth-order valence-corrected chi connectivity index (χ4v) is 3.11. The average Bonchev–Trinajstić information content (AvgIpc) is 2.34. The quantitative estimate of drug-likeness (QED) is 0.536. The number of aryl methyl sites for hydroxylation is 3. The Morgan fingerprint density at radius 3 is 1.95 bits per heavy atom. The number of nitrogens with zero attached hydrogens (tertiary/aromatic N) is 1. The van der Waals surface area contributed by atoms with Gasteiger partial charge in [0.2, 0.25) is 0 Å². The van der Waals surface area contributed by atoms with E-state index in [1.54, 1.807) is 18.3 Å². The topological polar surface area (TPSA) is 24.4 Å². The molecule has 2 rings (SSSR count). The molecule has 1 N–H and O–H groups in total. The van der Waals surface area contributed by atoms with E-state index < -0.39 is 0 Å². The van der Waals surface area contributed by atoms with Gasteiger partial charge in [-0.1, -0.05) is 52.5 Å². The van der Waals surface area contributed by atoms with E-state index in [2.05, 4.69) is 43.4 Å². The molecule has 2 aromatic carbocycles. The van der Waals surface area contributed by atoms with Crippen molar-refractivity contribution >= 4 is 46.7 Å². The molecular formula is C16H15Cl3N2. The fraction of sp³-hybridized carbons (Fsp3) is 0.188. The normalized spacial score (nSPS) is 11.1. The second kappa shape index (κ2) is 6.69. The first-order valence-electron chi connectivity index (χ1n) is 6.40.